The Morgan fingerprint density at radius 3 is 3.00 bits per heavy atom. The van der Waals surface area contributed by atoms with Gasteiger partial charge >= 0.3 is 6.09 Å². The molecule has 0 bridgehead atoms. The zero-order chi connectivity index (χ0) is 11.3. The second kappa shape index (κ2) is 5.65. The van der Waals surface area contributed by atoms with Gasteiger partial charge in [0, 0.05) is 20.2 Å². The van der Waals surface area contributed by atoms with Gasteiger partial charge in [0.15, 0.2) is 5.76 Å². The van der Waals surface area contributed by atoms with Gasteiger partial charge in [-0.1, -0.05) is 6.92 Å². The molecule has 1 heterocycles. The highest BCUT2D eigenvalue weighted by Gasteiger charge is 2.11. The van der Waals surface area contributed by atoms with Crippen LogP contribution in [0.1, 0.15) is 12.7 Å². The van der Waals surface area contributed by atoms with Gasteiger partial charge in [0.05, 0.1) is 5.75 Å². The largest absolute Gasteiger partial charge is 0.416 e. The first kappa shape index (κ1) is 11.9. The summed E-state index contributed by atoms with van der Waals surface area (Å²) in [4.78, 5) is 12.5. The molecular formula is C9H14N2O3S. The second-order valence-electron chi connectivity index (χ2n) is 3.03. The lowest BCUT2D eigenvalue weighted by molar-refractivity contribution is 0.167. The highest BCUT2D eigenvalue weighted by atomic mass is 32.2. The Hall–Kier alpha value is -1.17. The minimum absolute atomic E-state index is 0.209. The fourth-order valence-corrected chi connectivity index (χ4v) is 1.33. The first-order chi connectivity index (χ1) is 7.13. The lowest BCUT2D eigenvalue weighted by Gasteiger charge is -2.07. The van der Waals surface area contributed by atoms with Gasteiger partial charge in [-0.05, 0) is 10.9 Å². The third-order valence-corrected chi connectivity index (χ3v) is 2.44. The molecule has 0 saturated heterocycles. The normalized spacial score (nSPS) is 10.1. The van der Waals surface area contributed by atoms with Crippen LogP contribution in [0.3, 0.4) is 0 Å². The van der Waals surface area contributed by atoms with E-state index in [1.165, 1.54) is 4.90 Å². The van der Waals surface area contributed by atoms with E-state index in [2.05, 4.69) is 12.1 Å². The van der Waals surface area contributed by atoms with Crippen LogP contribution < -0.4 is 4.74 Å². The minimum Gasteiger partial charge on any atom is -0.388 e. The summed E-state index contributed by atoms with van der Waals surface area (Å²) in [5.41, 5.74) is 0. The van der Waals surface area contributed by atoms with Crippen LogP contribution in [0.5, 0.6) is 5.88 Å². The van der Waals surface area contributed by atoms with E-state index in [4.69, 9.17) is 9.26 Å². The number of amides is 1. The van der Waals surface area contributed by atoms with Crippen LogP contribution in [0.4, 0.5) is 4.79 Å². The number of carbonyl (C=O) groups excluding carboxylic acids is 1. The van der Waals surface area contributed by atoms with Crippen molar-refractivity contribution >= 4 is 17.9 Å². The second-order valence-corrected chi connectivity index (χ2v) is 4.31. The number of carbonyl (C=O) groups is 1. The van der Waals surface area contributed by atoms with Crippen molar-refractivity contribution < 1.29 is 14.1 Å². The zero-order valence-electron chi connectivity index (χ0n) is 9.02. The van der Waals surface area contributed by atoms with E-state index < -0.39 is 6.09 Å². The smallest absolute Gasteiger partial charge is 0.388 e. The molecule has 0 aliphatic rings. The molecule has 1 amide bonds. The quantitative estimate of drug-likeness (QED) is 0.791. The highest BCUT2D eigenvalue weighted by molar-refractivity contribution is 7.98. The van der Waals surface area contributed by atoms with Crippen LogP contribution in [0.15, 0.2) is 10.6 Å². The van der Waals surface area contributed by atoms with Crippen molar-refractivity contribution in [1.82, 2.24) is 10.1 Å². The summed E-state index contributed by atoms with van der Waals surface area (Å²) in [6, 6.07) is 1.63. The molecule has 84 valence electrons. The molecule has 0 saturated carbocycles. The minimum atomic E-state index is -0.460. The summed E-state index contributed by atoms with van der Waals surface area (Å²) in [7, 11) is 3.21. The molecule has 5 nitrogen and oxygen atoms in total. The maximum atomic E-state index is 11.2. The predicted octanol–water partition coefficient (Wildman–Crippen LogP) is 1.99. The number of thioether (sulfide) groups is 1. The van der Waals surface area contributed by atoms with E-state index in [1.54, 1.807) is 31.9 Å². The molecular weight excluding hydrogens is 216 g/mol. The SMILES string of the molecule is CCSCc1cc(OC(=O)N(C)C)no1. The maximum Gasteiger partial charge on any atom is 0.416 e. The van der Waals surface area contributed by atoms with Gasteiger partial charge in [0.25, 0.3) is 5.88 Å². The molecule has 1 rings (SSSR count). The summed E-state index contributed by atoms with van der Waals surface area (Å²) in [5.74, 6) is 2.67. The molecule has 0 unspecified atom stereocenters. The van der Waals surface area contributed by atoms with E-state index in [0.29, 0.717) is 5.76 Å². The van der Waals surface area contributed by atoms with Crippen molar-refractivity contribution in [3.05, 3.63) is 11.8 Å². The van der Waals surface area contributed by atoms with Crippen molar-refractivity contribution in [1.29, 1.82) is 0 Å². The molecule has 0 radical (unpaired) electrons. The number of nitrogens with zero attached hydrogens (tertiary/aromatic N) is 2. The predicted molar refractivity (Wildman–Crippen MR) is 58.1 cm³/mol. The average Bonchev–Trinajstić information content (AvgIpc) is 2.62. The standard InChI is InChI=1S/C9H14N2O3S/c1-4-15-6-7-5-8(10-14-7)13-9(12)11(2)3/h5H,4,6H2,1-3H3. The first-order valence-electron chi connectivity index (χ1n) is 4.56. The molecule has 0 aromatic carbocycles. The topological polar surface area (TPSA) is 55.6 Å². The van der Waals surface area contributed by atoms with Crippen LogP contribution in [0.25, 0.3) is 0 Å². The third kappa shape index (κ3) is 3.83. The number of rotatable bonds is 4. The van der Waals surface area contributed by atoms with E-state index in [1.807, 2.05) is 0 Å². The Bertz CT molecular complexity index is 325. The molecule has 6 heteroatoms. The summed E-state index contributed by atoms with van der Waals surface area (Å²) < 4.78 is 9.89. The summed E-state index contributed by atoms with van der Waals surface area (Å²) in [6.45, 7) is 2.06. The van der Waals surface area contributed by atoms with Crippen LogP contribution in [-0.2, 0) is 5.75 Å². The van der Waals surface area contributed by atoms with E-state index >= 15 is 0 Å². The molecule has 0 atom stereocenters. The fraction of sp³-hybridized carbons (Fsp3) is 0.556. The molecule has 0 N–H and O–H groups in total. The van der Waals surface area contributed by atoms with E-state index in [0.717, 1.165) is 11.5 Å². The van der Waals surface area contributed by atoms with Gasteiger partial charge < -0.3 is 14.2 Å². The zero-order valence-corrected chi connectivity index (χ0v) is 9.84. The number of hydrogen-bond donors (Lipinski definition) is 0. The van der Waals surface area contributed by atoms with Gasteiger partial charge in [0.2, 0.25) is 0 Å². The van der Waals surface area contributed by atoms with Crippen molar-refractivity contribution in [2.75, 3.05) is 19.8 Å². The van der Waals surface area contributed by atoms with Crippen LogP contribution in [-0.4, -0.2) is 36.0 Å². The number of aromatic nitrogens is 1. The van der Waals surface area contributed by atoms with Crippen LogP contribution in [0, 0.1) is 0 Å². The summed E-state index contributed by atoms with van der Waals surface area (Å²) >= 11 is 1.72. The van der Waals surface area contributed by atoms with Crippen molar-refractivity contribution in [2.24, 2.45) is 0 Å². The molecule has 1 aromatic rings. The molecule has 0 aliphatic carbocycles. The lowest BCUT2D eigenvalue weighted by atomic mass is 10.5. The summed E-state index contributed by atoms with van der Waals surface area (Å²) in [5, 5.41) is 3.63. The maximum absolute atomic E-state index is 11.2. The van der Waals surface area contributed by atoms with Gasteiger partial charge in [0.1, 0.15) is 0 Å². The van der Waals surface area contributed by atoms with Crippen LogP contribution >= 0.6 is 11.8 Å². The number of ether oxygens (including phenoxy) is 1. The molecule has 0 spiro atoms. The van der Waals surface area contributed by atoms with Crippen LogP contribution in [0.2, 0.25) is 0 Å². The molecule has 0 aliphatic heterocycles. The molecule has 15 heavy (non-hydrogen) atoms. The Morgan fingerprint density at radius 2 is 2.40 bits per heavy atom. The third-order valence-electron chi connectivity index (χ3n) is 1.54. The molecule has 1 aromatic heterocycles. The average molecular weight is 230 g/mol. The highest BCUT2D eigenvalue weighted by Crippen LogP contribution is 2.17. The molecule has 0 fully saturated rings. The van der Waals surface area contributed by atoms with Gasteiger partial charge in [-0.25, -0.2) is 4.79 Å². The van der Waals surface area contributed by atoms with Gasteiger partial charge in [-0.3, -0.25) is 0 Å². The number of hydrogen-bond acceptors (Lipinski definition) is 5. The Morgan fingerprint density at radius 1 is 1.67 bits per heavy atom. The van der Waals surface area contributed by atoms with E-state index in [-0.39, 0.29) is 5.88 Å². The Kier molecular flexibility index (Phi) is 4.48. The van der Waals surface area contributed by atoms with Crippen molar-refractivity contribution in [3.63, 3.8) is 0 Å². The van der Waals surface area contributed by atoms with Gasteiger partial charge in [-0.15, -0.1) is 0 Å². The van der Waals surface area contributed by atoms with Crippen molar-refractivity contribution in [3.8, 4) is 5.88 Å². The fourth-order valence-electron chi connectivity index (χ4n) is 0.794. The monoisotopic (exact) mass is 230 g/mol. The summed E-state index contributed by atoms with van der Waals surface area (Å²) in [6.07, 6.45) is -0.460. The van der Waals surface area contributed by atoms with Gasteiger partial charge in [-0.2, -0.15) is 11.8 Å². The Labute approximate surface area is 92.7 Å². The van der Waals surface area contributed by atoms with Crippen molar-refractivity contribution in [2.45, 2.75) is 12.7 Å². The first-order valence-corrected chi connectivity index (χ1v) is 5.71. The lowest BCUT2D eigenvalue weighted by Crippen LogP contribution is -2.25. The van der Waals surface area contributed by atoms with E-state index in [9.17, 15) is 4.79 Å². The Balaban J connectivity index is 2.49.